The van der Waals surface area contributed by atoms with Crippen LogP contribution in [0.2, 0.25) is 0 Å². The van der Waals surface area contributed by atoms with Crippen molar-refractivity contribution in [3.8, 4) is 5.75 Å². The Morgan fingerprint density at radius 3 is 2.89 bits per heavy atom. The summed E-state index contributed by atoms with van der Waals surface area (Å²) in [6.07, 6.45) is 2.24. The van der Waals surface area contributed by atoms with Crippen molar-refractivity contribution in [2.24, 2.45) is 0 Å². The van der Waals surface area contributed by atoms with Crippen LogP contribution in [0, 0.1) is 0 Å². The van der Waals surface area contributed by atoms with E-state index in [4.69, 9.17) is 15.2 Å². The maximum Gasteiger partial charge on any atom is 0.201 e. The molecular weight excluding hydrogens is 242 g/mol. The van der Waals surface area contributed by atoms with Crippen LogP contribution in [0.5, 0.6) is 5.75 Å². The van der Waals surface area contributed by atoms with E-state index in [1.54, 1.807) is 7.11 Å². The van der Waals surface area contributed by atoms with Crippen LogP contribution in [-0.4, -0.2) is 29.9 Å². The van der Waals surface area contributed by atoms with Crippen molar-refractivity contribution in [1.29, 1.82) is 0 Å². The summed E-state index contributed by atoms with van der Waals surface area (Å²) >= 11 is 0. The number of hydrogen-bond donors (Lipinski definition) is 1. The van der Waals surface area contributed by atoms with Gasteiger partial charge in [-0.15, -0.1) is 0 Å². The lowest BCUT2D eigenvalue weighted by molar-refractivity contribution is 0.124. The summed E-state index contributed by atoms with van der Waals surface area (Å²) in [5, 5.41) is 0. The smallest absolute Gasteiger partial charge is 0.201 e. The quantitative estimate of drug-likeness (QED) is 0.779. The third-order valence-corrected chi connectivity index (χ3v) is 3.09. The first-order chi connectivity index (χ1) is 9.27. The van der Waals surface area contributed by atoms with Crippen LogP contribution in [0.25, 0.3) is 11.0 Å². The molecule has 0 aliphatic rings. The summed E-state index contributed by atoms with van der Waals surface area (Å²) in [6, 6.07) is 5.82. The minimum atomic E-state index is 0.499. The zero-order chi connectivity index (χ0) is 13.7. The molecule has 1 heterocycles. The van der Waals surface area contributed by atoms with Gasteiger partial charge < -0.3 is 19.8 Å². The van der Waals surface area contributed by atoms with Gasteiger partial charge in [-0.25, -0.2) is 4.98 Å². The van der Waals surface area contributed by atoms with E-state index in [0.717, 1.165) is 36.2 Å². The molecule has 104 valence electrons. The van der Waals surface area contributed by atoms with E-state index in [2.05, 4.69) is 11.9 Å². The van der Waals surface area contributed by atoms with Gasteiger partial charge >= 0.3 is 0 Å². The third kappa shape index (κ3) is 2.98. The van der Waals surface area contributed by atoms with Crippen LogP contribution in [0.4, 0.5) is 5.95 Å². The number of methoxy groups -OCH3 is 1. The summed E-state index contributed by atoms with van der Waals surface area (Å²) in [7, 11) is 1.64. The van der Waals surface area contributed by atoms with Gasteiger partial charge in [0.2, 0.25) is 5.95 Å². The van der Waals surface area contributed by atoms with Gasteiger partial charge in [-0.1, -0.05) is 19.4 Å². The molecule has 1 aromatic carbocycles. The highest BCUT2D eigenvalue weighted by Crippen LogP contribution is 2.26. The second kappa shape index (κ2) is 6.43. The predicted octanol–water partition coefficient (Wildman–Crippen LogP) is 2.44. The first-order valence-corrected chi connectivity index (χ1v) is 6.64. The molecule has 1 aromatic heterocycles. The van der Waals surface area contributed by atoms with Gasteiger partial charge in [-0.05, 0) is 18.6 Å². The van der Waals surface area contributed by atoms with E-state index < -0.39 is 0 Å². The molecule has 0 aliphatic carbocycles. The lowest BCUT2D eigenvalue weighted by Crippen LogP contribution is -2.09. The predicted molar refractivity (Wildman–Crippen MR) is 76.4 cm³/mol. The molecule has 0 bridgehead atoms. The number of hydrogen-bond acceptors (Lipinski definition) is 4. The number of rotatable bonds is 7. The minimum Gasteiger partial charge on any atom is -0.494 e. The van der Waals surface area contributed by atoms with E-state index in [-0.39, 0.29) is 0 Å². The van der Waals surface area contributed by atoms with E-state index >= 15 is 0 Å². The average Bonchev–Trinajstić information content (AvgIpc) is 2.74. The normalized spacial score (nSPS) is 11.1. The molecule has 0 radical (unpaired) electrons. The lowest BCUT2D eigenvalue weighted by atomic mass is 10.3. The summed E-state index contributed by atoms with van der Waals surface area (Å²) in [5.74, 6) is 1.24. The van der Waals surface area contributed by atoms with Crippen LogP contribution in [0.15, 0.2) is 18.2 Å². The molecule has 0 unspecified atom stereocenters. The highest BCUT2D eigenvalue weighted by Gasteiger charge is 2.11. The fourth-order valence-electron chi connectivity index (χ4n) is 2.04. The molecule has 2 N–H and O–H groups in total. The number of imidazole rings is 1. The molecule has 5 nitrogen and oxygen atoms in total. The van der Waals surface area contributed by atoms with Crippen molar-refractivity contribution < 1.29 is 9.47 Å². The number of aromatic nitrogens is 2. The van der Waals surface area contributed by atoms with Crippen molar-refractivity contribution >= 4 is 17.0 Å². The molecular formula is C14H21N3O2. The number of benzene rings is 1. The molecule has 5 heteroatoms. The number of nitrogens with zero attached hydrogens (tertiary/aromatic N) is 2. The number of ether oxygens (including phenoxy) is 2. The summed E-state index contributed by atoms with van der Waals surface area (Å²) in [4.78, 5) is 4.36. The Morgan fingerprint density at radius 1 is 1.32 bits per heavy atom. The molecule has 2 rings (SSSR count). The van der Waals surface area contributed by atoms with E-state index in [1.807, 2.05) is 22.8 Å². The average molecular weight is 263 g/mol. The van der Waals surface area contributed by atoms with Crippen LogP contribution in [-0.2, 0) is 11.3 Å². The van der Waals surface area contributed by atoms with Gasteiger partial charge in [0.15, 0.2) is 0 Å². The third-order valence-electron chi connectivity index (χ3n) is 3.09. The Bertz CT molecular complexity index is 537. The molecule has 0 spiro atoms. The fourth-order valence-corrected chi connectivity index (χ4v) is 2.04. The second-order valence-electron chi connectivity index (χ2n) is 4.42. The first-order valence-electron chi connectivity index (χ1n) is 6.64. The standard InChI is InChI=1S/C14H21N3O2/c1-3-4-9-19-10-8-17-11-6-5-7-12(18-2)13(11)16-14(17)15/h5-7H,3-4,8-10H2,1-2H3,(H2,15,16). The SMILES string of the molecule is CCCCOCCn1c(N)nc2c(OC)cccc21. The number of nitrogen functional groups attached to an aromatic ring is 1. The molecule has 0 saturated carbocycles. The Balaban J connectivity index is 2.12. The second-order valence-corrected chi connectivity index (χ2v) is 4.42. The van der Waals surface area contributed by atoms with Gasteiger partial charge in [0.05, 0.1) is 19.2 Å². The van der Waals surface area contributed by atoms with Crippen LogP contribution >= 0.6 is 0 Å². The molecule has 0 fully saturated rings. The van der Waals surface area contributed by atoms with E-state index in [1.165, 1.54) is 0 Å². The molecule has 2 aromatic rings. The maximum absolute atomic E-state index is 5.96. The topological polar surface area (TPSA) is 62.3 Å². The highest BCUT2D eigenvalue weighted by molar-refractivity contribution is 5.84. The van der Waals surface area contributed by atoms with Gasteiger partial charge in [-0.2, -0.15) is 0 Å². The number of nitrogens with two attached hydrogens (primary N) is 1. The van der Waals surface area contributed by atoms with Gasteiger partial charge in [-0.3, -0.25) is 0 Å². The molecule has 19 heavy (non-hydrogen) atoms. The van der Waals surface area contributed by atoms with Crippen molar-refractivity contribution in [3.05, 3.63) is 18.2 Å². The van der Waals surface area contributed by atoms with Gasteiger partial charge in [0.1, 0.15) is 11.3 Å². The zero-order valence-corrected chi connectivity index (χ0v) is 11.6. The summed E-state index contributed by atoms with van der Waals surface area (Å²) < 4.78 is 12.8. The first kappa shape index (κ1) is 13.7. The number of unbranched alkanes of at least 4 members (excludes halogenated alkanes) is 1. The van der Waals surface area contributed by atoms with Crippen molar-refractivity contribution in [1.82, 2.24) is 9.55 Å². The number of fused-ring (bicyclic) bond motifs is 1. The Hall–Kier alpha value is -1.75. The largest absolute Gasteiger partial charge is 0.494 e. The molecule has 0 atom stereocenters. The van der Waals surface area contributed by atoms with Crippen molar-refractivity contribution in [3.63, 3.8) is 0 Å². The summed E-state index contributed by atoms with van der Waals surface area (Å²) in [5.41, 5.74) is 7.74. The Morgan fingerprint density at radius 2 is 2.16 bits per heavy atom. The lowest BCUT2D eigenvalue weighted by Gasteiger charge is -2.07. The number of para-hydroxylation sites is 1. The van der Waals surface area contributed by atoms with Crippen LogP contribution in [0.3, 0.4) is 0 Å². The van der Waals surface area contributed by atoms with Crippen molar-refractivity contribution in [2.75, 3.05) is 26.1 Å². The molecule has 0 aliphatic heterocycles. The number of anilines is 1. The molecule has 0 saturated heterocycles. The maximum atomic E-state index is 5.96. The van der Waals surface area contributed by atoms with Crippen LogP contribution in [0.1, 0.15) is 19.8 Å². The monoisotopic (exact) mass is 263 g/mol. The minimum absolute atomic E-state index is 0.499. The van der Waals surface area contributed by atoms with Gasteiger partial charge in [0.25, 0.3) is 0 Å². The van der Waals surface area contributed by atoms with E-state index in [0.29, 0.717) is 19.1 Å². The highest BCUT2D eigenvalue weighted by atomic mass is 16.5. The fraction of sp³-hybridized carbons (Fsp3) is 0.500. The van der Waals surface area contributed by atoms with Gasteiger partial charge in [0, 0.05) is 13.2 Å². The summed E-state index contributed by atoms with van der Waals surface area (Å²) in [6.45, 7) is 4.30. The van der Waals surface area contributed by atoms with Crippen LogP contribution < -0.4 is 10.5 Å². The molecule has 0 amide bonds. The van der Waals surface area contributed by atoms with E-state index in [9.17, 15) is 0 Å². The van der Waals surface area contributed by atoms with Crippen molar-refractivity contribution in [2.45, 2.75) is 26.3 Å². The Kier molecular flexibility index (Phi) is 4.63. The zero-order valence-electron chi connectivity index (χ0n) is 11.6. The Labute approximate surface area is 113 Å².